The summed E-state index contributed by atoms with van der Waals surface area (Å²) in [6.45, 7) is 3.16. The molecule has 6 nitrogen and oxygen atoms in total. The van der Waals surface area contributed by atoms with Gasteiger partial charge in [0.15, 0.2) is 0 Å². The molecular formula is C11H12Cl2N2O4. The number of nitro groups is 1. The van der Waals surface area contributed by atoms with E-state index in [1.54, 1.807) is 0 Å². The molecule has 0 saturated heterocycles. The molecule has 0 radical (unpaired) electrons. The van der Waals surface area contributed by atoms with E-state index in [0.717, 1.165) is 12.1 Å². The van der Waals surface area contributed by atoms with Crippen LogP contribution in [0, 0.1) is 15.5 Å². The molecule has 0 spiro atoms. The van der Waals surface area contributed by atoms with Gasteiger partial charge in [0.2, 0.25) is 0 Å². The first-order valence-corrected chi connectivity index (χ1v) is 6.01. The Labute approximate surface area is 119 Å². The summed E-state index contributed by atoms with van der Waals surface area (Å²) in [5.41, 5.74) is -0.963. The lowest BCUT2D eigenvalue weighted by atomic mass is 9.94. The van der Waals surface area contributed by atoms with Gasteiger partial charge in [0.1, 0.15) is 0 Å². The second-order valence-electron chi connectivity index (χ2n) is 4.58. The van der Waals surface area contributed by atoms with Gasteiger partial charge < -0.3 is 10.4 Å². The average molecular weight is 307 g/mol. The number of halogens is 2. The number of benzene rings is 1. The molecule has 19 heavy (non-hydrogen) atoms. The summed E-state index contributed by atoms with van der Waals surface area (Å²) in [4.78, 5) is 21.0. The van der Waals surface area contributed by atoms with Gasteiger partial charge >= 0.3 is 5.97 Å². The highest BCUT2D eigenvalue weighted by molar-refractivity contribution is 6.39. The fourth-order valence-corrected chi connectivity index (χ4v) is 1.83. The Morgan fingerprint density at radius 2 is 1.89 bits per heavy atom. The van der Waals surface area contributed by atoms with Gasteiger partial charge in [-0.15, -0.1) is 0 Å². The number of anilines is 1. The summed E-state index contributed by atoms with van der Waals surface area (Å²) in [6, 6.07) is 2.31. The van der Waals surface area contributed by atoms with Gasteiger partial charge in [-0.1, -0.05) is 23.2 Å². The van der Waals surface area contributed by atoms with Gasteiger partial charge in [0, 0.05) is 18.7 Å². The van der Waals surface area contributed by atoms with E-state index < -0.39 is 16.3 Å². The lowest BCUT2D eigenvalue weighted by Gasteiger charge is -2.21. The number of non-ortho nitro benzene ring substituents is 1. The first-order chi connectivity index (χ1) is 8.65. The standard InChI is InChI=1S/C11H12Cl2N2O4/c1-11(2,10(16)17)5-14-9-7(12)3-6(15(18)19)4-8(9)13/h3-4,14H,5H2,1-2H3,(H,16,17). The zero-order chi connectivity index (χ0) is 14.8. The van der Waals surface area contributed by atoms with Crippen molar-refractivity contribution < 1.29 is 14.8 Å². The second-order valence-corrected chi connectivity index (χ2v) is 5.40. The van der Waals surface area contributed by atoms with Crippen LogP contribution in [-0.4, -0.2) is 22.5 Å². The molecule has 0 bridgehead atoms. The van der Waals surface area contributed by atoms with Crippen LogP contribution in [0.15, 0.2) is 12.1 Å². The minimum Gasteiger partial charge on any atom is -0.481 e. The monoisotopic (exact) mass is 306 g/mol. The number of nitrogens with one attached hydrogen (secondary N) is 1. The van der Waals surface area contributed by atoms with Crippen LogP contribution in [0.3, 0.4) is 0 Å². The van der Waals surface area contributed by atoms with E-state index in [-0.39, 0.29) is 28.0 Å². The van der Waals surface area contributed by atoms with Gasteiger partial charge in [-0.05, 0) is 13.8 Å². The molecule has 0 heterocycles. The smallest absolute Gasteiger partial charge is 0.310 e. The van der Waals surface area contributed by atoms with E-state index in [1.807, 2.05) is 0 Å². The van der Waals surface area contributed by atoms with Crippen LogP contribution in [0.25, 0.3) is 0 Å². The largest absolute Gasteiger partial charge is 0.481 e. The normalized spacial score (nSPS) is 11.2. The topological polar surface area (TPSA) is 92.5 Å². The van der Waals surface area contributed by atoms with Crippen LogP contribution in [0.2, 0.25) is 10.0 Å². The average Bonchev–Trinajstić information content (AvgIpc) is 2.27. The minimum atomic E-state index is -1.02. The Morgan fingerprint density at radius 3 is 2.26 bits per heavy atom. The van der Waals surface area contributed by atoms with Gasteiger partial charge in [0.25, 0.3) is 5.69 Å². The lowest BCUT2D eigenvalue weighted by molar-refractivity contribution is -0.384. The highest BCUT2D eigenvalue weighted by atomic mass is 35.5. The number of aliphatic carboxylic acids is 1. The van der Waals surface area contributed by atoms with Gasteiger partial charge in [-0.25, -0.2) is 0 Å². The van der Waals surface area contributed by atoms with Crippen LogP contribution >= 0.6 is 23.2 Å². The van der Waals surface area contributed by atoms with Gasteiger partial charge in [-0.3, -0.25) is 14.9 Å². The number of carboxylic acids is 1. The molecule has 0 saturated carbocycles. The van der Waals surface area contributed by atoms with Crippen LogP contribution in [0.1, 0.15) is 13.8 Å². The zero-order valence-electron chi connectivity index (χ0n) is 10.2. The Balaban J connectivity index is 2.97. The first kappa shape index (κ1) is 15.5. The third kappa shape index (κ3) is 3.71. The molecule has 0 aliphatic carbocycles. The number of rotatable bonds is 5. The van der Waals surface area contributed by atoms with Crippen molar-refractivity contribution in [3.05, 3.63) is 32.3 Å². The second kappa shape index (κ2) is 5.63. The molecule has 2 N–H and O–H groups in total. The molecule has 0 atom stereocenters. The molecule has 104 valence electrons. The van der Waals surface area contributed by atoms with Gasteiger partial charge in [-0.2, -0.15) is 0 Å². The summed E-state index contributed by atoms with van der Waals surface area (Å²) >= 11 is 11.8. The summed E-state index contributed by atoms with van der Waals surface area (Å²) in [7, 11) is 0. The van der Waals surface area contributed by atoms with Crippen molar-refractivity contribution in [3.8, 4) is 0 Å². The minimum absolute atomic E-state index is 0.0698. The first-order valence-electron chi connectivity index (χ1n) is 5.26. The van der Waals surface area contributed by atoms with E-state index in [1.165, 1.54) is 13.8 Å². The predicted molar refractivity (Wildman–Crippen MR) is 73.0 cm³/mol. The fourth-order valence-electron chi connectivity index (χ4n) is 1.22. The van der Waals surface area contributed by atoms with Crippen molar-refractivity contribution in [1.29, 1.82) is 0 Å². The predicted octanol–water partition coefficient (Wildman–Crippen LogP) is 3.42. The molecule has 0 aromatic heterocycles. The van der Waals surface area contributed by atoms with Crippen molar-refractivity contribution in [2.24, 2.45) is 5.41 Å². The third-order valence-electron chi connectivity index (χ3n) is 2.52. The van der Waals surface area contributed by atoms with Crippen LogP contribution < -0.4 is 5.32 Å². The Hall–Kier alpha value is -1.53. The van der Waals surface area contributed by atoms with Crippen molar-refractivity contribution in [2.45, 2.75) is 13.8 Å². The van der Waals surface area contributed by atoms with Crippen LogP contribution in [-0.2, 0) is 4.79 Å². The van der Waals surface area contributed by atoms with E-state index in [2.05, 4.69) is 5.32 Å². The SMILES string of the molecule is CC(C)(CNc1c(Cl)cc([N+](=O)[O-])cc1Cl)C(=O)O. The van der Waals surface area contributed by atoms with E-state index >= 15 is 0 Å². The van der Waals surface area contributed by atoms with Crippen molar-refractivity contribution in [3.63, 3.8) is 0 Å². The highest BCUT2D eigenvalue weighted by Crippen LogP contribution is 2.35. The maximum absolute atomic E-state index is 11.0. The Bertz CT molecular complexity index is 508. The van der Waals surface area contributed by atoms with Crippen LogP contribution in [0.4, 0.5) is 11.4 Å². The summed E-state index contributed by atoms with van der Waals surface area (Å²) in [5, 5.41) is 22.5. The molecule has 1 aromatic rings. The van der Waals surface area contributed by atoms with Crippen molar-refractivity contribution in [1.82, 2.24) is 0 Å². The van der Waals surface area contributed by atoms with E-state index in [0.29, 0.717) is 0 Å². The molecule has 1 aromatic carbocycles. The van der Waals surface area contributed by atoms with Crippen LogP contribution in [0.5, 0.6) is 0 Å². The van der Waals surface area contributed by atoms with Crippen molar-refractivity contribution in [2.75, 3.05) is 11.9 Å². The quantitative estimate of drug-likeness (QED) is 0.642. The fraction of sp³-hybridized carbons (Fsp3) is 0.364. The van der Waals surface area contributed by atoms with Crippen molar-refractivity contribution >= 4 is 40.5 Å². The number of hydrogen-bond donors (Lipinski definition) is 2. The number of hydrogen-bond acceptors (Lipinski definition) is 4. The molecule has 0 amide bonds. The molecule has 8 heteroatoms. The van der Waals surface area contributed by atoms with Gasteiger partial charge in [0.05, 0.1) is 26.1 Å². The third-order valence-corrected chi connectivity index (χ3v) is 3.12. The van der Waals surface area contributed by atoms with E-state index in [4.69, 9.17) is 28.3 Å². The molecule has 0 aliphatic heterocycles. The lowest BCUT2D eigenvalue weighted by Crippen LogP contribution is -2.31. The molecule has 0 aliphatic rings. The molecular weight excluding hydrogens is 295 g/mol. The maximum atomic E-state index is 11.0. The number of nitro benzene ring substituents is 1. The maximum Gasteiger partial charge on any atom is 0.310 e. The number of carboxylic acid groups (broad SMARTS) is 1. The summed E-state index contributed by atoms with van der Waals surface area (Å²) in [6.07, 6.45) is 0. The molecule has 0 fully saturated rings. The number of carbonyl (C=O) groups is 1. The highest BCUT2D eigenvalue weighted by Gasteiger charge is 2.27. The molecule has 1 rings (SSSR count). The van der Waals surface area contributed by atoms with E-state index in [9.17, 15) is 14.9 Å². The summed E-state index contributed by atoms with van der Waals surface area (Å²) in [5.74, 6) is -0.978. The summed E-state index contributed by atoms with van der Waals surface area (Å²) < 4.78 is 0. The number of nitrogens with zero attached hydrogens (tertiary/aromatic N) is 1. The molecule has 0 unspecified atom stereocenters. The zero-order valence-corrected chi connectivity index (χ0v) is 11.7. The Kier molecular flexibility index (Phi) is 4.60. The Morgan fingerprint density at radius 1 is 1.42 bits per heavy atom.